The van der Waals surface area contributed by atoms with Crippen molar-refractivity contribution in [3.8, 4) is 0 Å². The van der Waals surface area contributed by atoms with Gasteiger partial charge in [-0.3, -0.25) is 10.1 Å². The molecule has 4 rings (SSSR count). The van der Waals surface area contributed by atoms with Crippen molar-refractivity contribution >= 4 is 34.5 Å². The molecule has 0 bridgehead atoms. The summed E-state index contributed by atoms with van der Waals surface area (Å²) in [5, 5.41) is 2.73. The minimum Gasteiger partial charge on any atom is -0.465 e. The zero-order chi connectivity index (χ0) is 19.0. The zero-order valence-electron chi connectivity index (χ0n) is 14.8. The highest BCUT2D eigenvalue weighted by Crippen LogP contribution is 2.20. The number of para-hydroxylation sites is 1. The van der Waals surface area contributed by atoms with Gasteiger partial charge in [0.1, 0.15) is 11.2 Å². The van der Waals surface area contributed by atoms with Crippen LogP contribution < -0.4 is 5.32 Å². The number of H-pyrrole nitrogens is 1. The summed E-state index contributed by atoms with van der Waals surface area (Å²) in [6.07, 6.45) is 3.71. The van der Waals surface area contributed by atoms with Gasteiger partial charge in [-0.05, 0) is 30.7 Å². The van der Waals surface area contributed by atoms with Gasteiger partial charge in [0.2, 0.25) is 11.9 Å². The number of aromatic amines is 1. The number of hydrogen-bond donors (Lipinski definition) is 2. The number of fused-ring (bicyclic) bond motifs is 2. The number of aryl methyl sites for hydroxylation is 1. The maximum atomic E-state index is 12.5. The molecule has 8 nitrogen and oxygen atoms in total. The van der Waals surface area contributed by atoms with Crippen LogP contribution in [-0.2, 0) is 16.0 Å². The molecule has 0 spiro atoms. The number of hydrogen-bond acceptors (Lipinski definition) is 5. The summed E-state index contributed by atoms with van der Waals surface area (Å²) >= 11 is 0. The summed E-state index contributed by atoms with van der Waals surface area (Å²) in [4.78, 5) is 36.0. The third-order valence-corrected chi connectivity index (χ3v) is 4.33. The van der Waals surface area contributed by atoms with Gasteiger partial charge in [-0.2, -0.15) is 0 Å². The summed E-state index contributed by atoms with van der Waals surface area (Å²) in [6, 6.07) is 9.01. The predicted octanol–water partition coefficient (Wildman–Crippen LogP) is 2.49. The van der Waals surface area contributed by atoms with E-state index in [9.17, 15) is 9.59 Å². The average molecular weight is 363 g/mol. The van der Waals surface area contributed by atoms with E-state index in [1.54, 1.807) is 24.4 Å². The summed E-state index contributed by atoms with van der Waals surface area (Å²) in [5.74, 6) is -0.445. The van der Waals surface area contributed by atoms with E-state index < -0.39 is 5.97 Å². The molecular weight excluding hydrogens is 346 g/mol. The molecule has 0 aliphatic carbocycles. The number of imidazole rings is 2. The van der Waals surface area contributed by atoms with Crippen molar-refractivity contribution in [2.24, 2.45) is 0 Å². The SMILES string of the molecule is COC(=O)c1cccc2[nH]c(NC(=O)Cc3cnc4c(C)cccn34)nc12. The van der Waals surface area contributed by atoms with Crippen LogP contribution in [0.4, 0.5) is 5.95 Å². The zero-order valence-corrected chi connectivity index (χ0v) is 14.8. The number of pyridine rings is 1. The molecule has 3 aromatic heterocycles. The summed E-state index contributed by atoms with van der Waals surface area (Å²) in [6.45, 7) is 1.97. The first kappa shape index (κ1) is 16.8. The number of carbonyl (C=O) groups is 2. The van der Waals surface area contributed by atoms with Crippen LogP contribution in [0, 0.1) is 6.92 Å². The van der Waals surface area contributed by atoms with Crippen molar-refractivity contribution in [2.75, 3.05) is 12.4 Å². The molecule has 136 valence electrons. The monoisotopic (exact) mass is 363 g/mol. The van der Waals surface area contributed by atoms with Gasteiger partial charge in [0.15, 0.2) is 0 Å². The van der Waals surface area contributed by atoms with Crippen LogP contribution in [-0.4, -0.2) is 38.3 Å². The molecule has 0 radical (unpaired) electrons. The smallest absolute Gasteiger partial charge is 0.340 e. The van der Waals surface area contributed by atoms with Gasteiger partial charge in [0.05, 0.1) is 30.3 Å². The van der Waals surface area contributed by atoms with Crippen molar-refractivity contribution in [3.63, 3.8) is 0 Å². The molecule has 4 aromatic rings. The number of amides is 1. The lowest BCUT2D eigenvalue weighted by molar-refractivity contribution is -0.115. The number of nitrogens with zero attached hydrogens (tertiary/aromatic N) is 3. The third kappa shape index (κ3) is 3.01. The first-order valence-corrected chi connectivity index (χ1v) is 8.35. The first-order chi connectivity index (χ1) is 13.1. The summed E-state index contributed by atoms with van der Waals surface area (Å²) in [5.41, 5.74) is 4.06. The first-order valence-electron chi connectivity index (χ1n) is 8.35. The van der Waals surface area contributed by atoms with Crippen LogP contribution in [0.3, 0.4) is 0 Å². The van der Waals surface area contributed by atoms with Crippen molar-refractivity contribution in [1.82, 2.24) is 19.4 Å². The number of esters is 1. The topological polar surface area (TPSA) is 101 Å². The van der Waals surface area contributed by atoms with Gasteiger partial charge in [-0.25, -0.2) is 14.8 Å². The minimum atomic E-state index is -0.480. The number of methoxy groups -OCH3 is 1. The van der Waals surface area contributed by atoms with E-state index >= 15 is 0 Å². The second-order valence-electron chi connectivity index (χ2n) is 6.14. The maximum Gasteiger partial charge on any atom is 0.340 e. The Balaban J connectivity index is 1.57. The molecule has 27 heavy (non-hydrogen) atoms. The van der Waals surface area contributed by atoms with Gasteiger partial charge in [-0.15, -0.1) is 0 Å². The van der Waals surface area contributed by atoms with Crippen LogP contribution in [0.25, 0.3) is 16.7 Å². The number of nitrogens with one attached hydrogen (secondary N) is 2. The molecule has 1 aromatic carbocycles. The molecule has 0 saturated carbocycles. The fourth-order valence-corrected chi connectivity index (χ4v) is 3.04. The Bertz CT molecular complexity index is 1170. The van der Waals surface area contributed by atoms with Crippen LogP contribution in [0.5, 0.6) is 0 Å². The predicted molar refractivity (Wildman–Crippen MR) is 99.7 cm³/mol. The highest BCUT2D eigenvalue weighted by Gasteiger charge is 2.16. The second kappa shape index (κ2) is 6.56. The molecule has 0 saturated heterocycles. The van der Waals surface area contributed by atoms with E-state index in [1.807, 2.05) is 29.7 Å². The Morgan fingerprint density at radius 2 is 2.11 bits per heavy atom. The van der Waals surface area contributed by atoms with Crippen LogP contribution in [0.1, 0.15) is 21.6 Å². The Morgan fingerprint density at radius 1 is 1.26 bits per heavy atom. The molecule has 0 fully saturated rings. The lowest BCUT2D eigenvalue weighted by atomic mass is 10.2. The average Bonchev–Trinajstić information content (AvgIpc) is 3.25. The van der Waals surface area contributed by atoms with Gasteiger partial charge in [-0.1, -0.05) is 12.1 Å². The lowest BCUT2D eigenvalue weighted by Crippen LogP contribution is -2.16. The van der Waals surface area contributed by atoms with E-state index in [1.165, 1.54) is 7.11 Å². The second-order valence-corrected chi connectivity index (χ2v) is 6.14. The highest BCUT2D eigenvalue weighted by molar-refractivity contribution is 6.03. The Labute approximate surface area is 154 Å². The summed E-state index contributed by atoms with van der Waals surface area (Å²) < 4.78 is 6.66. The largest absolute Gasteiger partial charge is 0.465 e. The van der Waals surface area contributed by atoms with E-state index in [0.29, 0.717) is 16.6 Å². The quantitative estimate of drug-likeness (QED) is 0.543. The molecule has 2 N–H and O–H groups in total. The normalized spacial score (nSPS) is 11.0. The molecule has 0 aliphatic heterocycles. The van der Waals surface area contributed by atoms with E-state index in [2.05, 4.69) is 20.3 Å². The molecule has 0 unspecified atom stereocenters. The van der Waals surface area contributed by atoms with Crippen LogP contribution >= 0.6 is 0 Å². The number of aromatic nitrogens is 4. The fourth-order valence-electron chi connectivity index (χ4n) is 3.04. The Hall–Kier alpha value is -3.68. The molecule has 0 aliphatic rings. The van der Waals surface area contributed by atoms with Crippen molar-refractivity contribution in [2.45, 2.75) is 13.3 Å². The lowest BCUT2D eigenvalue weighted by Gasteiger charge is -2.03. The number of benzene rings is 1. The fraction of sp³-hybridized carbons (Fsp3) is 0.158. The molecule has 1 amide bonds. The highest BCUT2D eigenvalue weighted by atomic mass is 16.5. The number of ether oxygens (including phenoxy) is 1. The van der Waals surface area contributed by atoms with E-state index in [4.69, 9.17) is 4.74 Å². The van der Waals surface area contributed by atoms with Crippen molar-refractivity contribution in [3.05, 3.63) is 59.5 Å². The van der Waals surface area contributed by atoms with Gasteiger partial charge < -0.3 is 14.1 Å². The van der Waals surface area contributed by atoms with Crippen LogP contribution in [0.15, 0.2) is 42.7 Å². The molecular formula is C19H17N5O3. The number of rotatable bonds is 4. The molecule has 8 heteroatoms. The number of carbonyl (C=O) groups excluding carboxylic acids is 2. The summed E-state index contributed by atoms with van der Waals surface area (Å²) in [7, 11) is 1.31. The minimum absolute atomic E-state index is 0.144. The van der Waals surface area contributed by atoms with Crippen molar-refractivity contribution in [1.29, 1.82) is 0 Å². The Morgan fingerprint density at radius 3 is 2.93 bits per heavy atom. The molecule has 3 heterocycles. The number of anilines is 1. The standard InChI is InChI=1S/C19H17N5O3/c1-11-5-4-8-24-12(10-20-17(11)24)9-15(25)22-19-21-14-7-3-6-13(16(14)23-19)18(26)27-2/h3-8,10H,9H2,1-2H3,(H2,21,22,23,25). The van der Waals surface area contributed by atoms with Crippen LogP contribution in [0.2, 0.25) is 0 Å². The molecule has 0 atom stereocenters. The van der Waals surface area contributed by atoms with Crippen molar-refractivity contribution < 1.29 is 14.3 Å². The Kier molecular flexibility index (Phi) is 4.08. The van der Waals surface area contributed by atoms with E-state index in [-0.39, 0.29) is 18.3 Å². The van der Waals surface area contributed by atoms with Gasteiger partial charge in [0, 0.05) is 12.4 Å². The van der Waals surface area contributed by atoms with Gasteiger partial charge >= 0.3 is 5.97 Å². The third-order valence-electron chi connectivity index (χ3n) is 4.33. The van der Waals surface area contributed by atoms with Gasteiger partial charge in [0.25, 0.3) is 0 Å². The maximum absolute atomic E-state index is 12.5. The van der Waals surface area contributed by atoms with E-state index in [0.717, 1.165) is 16.9 Å².